The van der Waals surface area contributed by atoms with Crippen LogP contribution in [0.15, 0.2) is 82.2 Å². The summed E-state index contributed by atoms with van der Waals surface area (Å²) < 4.78 is 7.56. The van der Waals surface area contributed by atoms with Gasteiger partial charge < -0.3 is 9.40 Å². The van der Waals surface area contributed by atoms with Crippen molar-refractivity contribution in [1.29, 1.82) is 0 Å². The fraction of sp³-hybridized carbons (Fsp3) is 0.286. The number of pyridine rings is 1. The Morgan fingerprint density at radius 2 is 1.86 bits per heavy atom. The molecule has 5 aromatic rings. The molecule has 8 nitrogen and oxygen atoms in total. The van der Waals surface area contributed by atoms with Crippen LogP contribution in [-0.4, -0.2) is 30.1 Å². The second-order valence-electron chi connectivity index (χ2n) is 9.57. The summed E-state index contributed by atoms with van der Waals surface area (Å²) in [5.74, 6) is 1.74. The molecule has 0 aliphatic heterocycles. The highest BCUT2D eigenvalue weighted by atomic mass is 16.3. The third-order valence-electron chi connectivity index (χ3n) is 6.41. The largest absolute Gasteiger partial charge is 0.468 e. The van der Waals surface area contributed by atoms with Crippen LogP contribution in [0.25, 0.3) is 10.9 Å². The molecular weight excluding hydrogens is 452 g/mol. The number of hydrogen-bond donors (Lipinski definition) is 1. The summed E-state index contributed by atoms with van der Waals surface area (Å²) in [6.45, 7) is 7.84. The average molecular weight is 483 g/mol. The van der Waals surface area contributed by atoms with Gasteiger partial charge in [-0.05, 0) is 64.5 Å². The van der Waals surface area contributed by atoms with Gasteiger partial charge in [0.05, 0.1) is 25.4 Å². The van der Waals surface area contributed by atoms with Crippen molar-refractivity contribution in [1.82, 2.24) is 30.1 Å². The number of nitrogens with one attached hydrogen (secondary N) is 1. The Hall–Kier alpha value is -4.04. The topological polar surface area (TPSA) is 92.8 Å². The van der Waals surface area contributed by atoms with Gasteiger partial charge in [-0.15, -0.1) is 5.10 Å². The minimum Gasteiger partial charge on any atom is -0.468 e. The Labute approximate surface area is 209 Å². The normalized spacial score (nSPS) is 12.6. The van der Waals surface area contributed by atoms with Crippen LogP contribution in [0.2, 0.25) is 0 Å². The number of furan rings is 1. The highest BCUT2D eigenvalue weighted by Gasteiger charge is 2.30. The van der Waals surface area contributed by atoms with Crippen LogP contribution in [0, 0.1) is 12.8 Å². The number of tetrazole rings is 1. The van der Waals surface area contributed by atoms with Gasteiger partial charge in [-0.3, -0.25) is 9.69 Å². The summed E-state index contributed by atoms with van der Waals surface area (Å²) in [5, 5.41) is 13.8. The van der Waals surface area contributed by atoms with E-state index in [0.29, 0.717) is 25.2 Å². The molecule has 0 radical (unpaired) electrons. The first-order valence-electron chi connectivity index (χ1n) is 12.2. The van der Waals surface area contributed by atoms with Crippen LogP contribution in [-0.2, 0) is 19.6 Å². The molecule has 0 fully saturated rings. The summed E-state index contributed by atoms with van der Waals surface area (Å²) in [5.41, 5.74) is 3.69. The van der Waals surface area contributed by atoms with Crippen molar-refractivity contribution in [3.8, 4) is 0 Å². The zero-order valence-electron chi connectivity index (χ0n) is 20.8. The maximum atomic E-state index is 13.1. The molecule has 184 valence electrons. The Morgan fingerprint density at radius 3 is 2.61 bits per heavy atom. The van der Waals surface area contributed by atoms with E-state index in [1.54, 1.807) is 6.26 Å². The van der Waals surface area contributed by atoms with Gasteiger partial charge in [0.1, 0.15) is 5.76 Å². The van der Waals surface area contributed by atoms with Crippen molar-refractivity contribution in [3.63, 3.8) is 0 Å². The molecule has 3 heterocycles. The van der Waals surface area contributed by atoms with Gasteiger partial charge in [-0.25, -0.2) is 4.68 Å². The monoisotopic (exact) mass is 482 g/mol. The predicted molar refractivity (Wildman–Crippen MR) is 138 cm³/mol. The fourth-order valence-corrected chi connectivity index (χ4v) is 4.74. The number of nitrogens with zero attached hydrogens (tertiary/aromatic N) is 5. The van der Waals surface area contributed by atoms with Gasteiger partial charge in [-0.1, -0.05) is 55.8 Å². The van der Waals surface area contributed by atoms with Crippen LogP contribution in [0.1, 0.15) is 48.2 Å². The van der Waals surface area contributed by atoms with Gasteiger partial charge in [0.25, 0.3) is 5.56 Å². The standard InChI is InChI=1S/C28H30N6O2/c1-19(2)26(27-30-31-32-34(27)16-21-8-5-4-6-9-21)33(18-24-10-7-13-36-24)17-23-15-22-14-20(3)11-12-25(22)29-28(23)35/h4-15,19,26H,16-18H2,1-3H3,(H,29,35)/t26-/m0/s1. The molecule has 3 aromatic heterocycles. The van der Waals surface area contributed by atoms with Crippen LogP contribution in [0.3, 0.4) is 0 Å². The van der Waals surface area contributed by atoms with E-state index in [4.69, 9.17) is 4.42 Å². The minimum atomic E-state index is -0.151. The van der Waals surface area contributed by atoms with Crippen LogP contribution < -0.4 is 5.56 Å². The van der Waals surface area contributed by atoms with E-state index in [1.165, 1.54) is 0 Å². The third kappa shape index (κ3) is 5.13. The van der Waals surface area contributed by atoms with Crippen molar-refractivity contribution >= 4 is 10.9 Å². The molecular formula is C28H30N6O2. The van der Waals surface area contributed by atoms with E-state index in [-0.39, 0.29) is 17.5 Å². The Kier molecular flexibility index (Phi) is 6.77. The third-order valence-corrected chi connectivity index (χ3v) is 6.41. The smallest absolute Gasteiger partial charge is 0.252 e. The van der Waals surface area contributed by atoms with E-state index in [9.17, 15) is 4.79 Å². The molecule has 0 saturated carbocycles. The van der Waals surface area contributed by atoms with Gasteiger partial charge >= 0.3 is 0 Å². The summed E-state index contributed by atoms with van der Waals surface area (Å²) in [4.78, 5) is 18.4. The molecule has 36 heavy (non-hydrogen) atoms. The zero-order chi connectivity index (χ0) is 25.1. The predicted octanol–water partition coefficient (Wildman–Crippen LogP) is 4.86. The molecule has 0 saturated heterocycles. The highest BCUT2D eigenvalue weighted by Crippen LogP contribution is 2.30. The van der Waals surface area contributed by atoms with E-state index in [1.807, 2.05) is 53.2 Å². The van der Waals surface area contributed by atoms with Crippen LogP contribution in [0.5, 0.6) is 0 Å². The maximum absolute atomic E-state index is 13.1. The average Bonchev–Trinajstić information content (AvgIpc) is 3.53. The molecule has 1 N–H and O–H groups in total. The lowest BCUT2D eigenvalue weighted by molar-refractivity contribution is 0.116. The maximum Gasteiger partial charge on any atom is 0.252 e. The second-order valence-corrected chi connectivity index (χ2v) is 9.57. The number of fused-ring (bicyclic) bond motifs is 1. The lowest BCUT2D eigenvalue weighted by atomic mass is 10.00. The lowest BCUT2D eigenvalue weighted by Crippen LogP contribution is -2.35. The summed E-state index contributed by atoms with van der Waals surface area (Å²) in [6.07, 6.45) is 1.67. The molecule has 0 aliphatic rings. The van der Waals surface area contributed by atoms with Crippen molar-refractivity contribution in [2.45, 2.75) is 46.4 Å². The molecule has 0 bridgehead atoms. The van der Waals surface area contributed by atoms with Gasteiger partial charge in [0.2, 0.25) is 0 Å². The van der Waals surface area contributed by atoms with Crippen molar-refractivity contribution in [2.24, 2.45) is 5.92 Å². The summed E-state index contributed by atoms with van der Waals surface area (Å²) >= 11 is 0. The summed E-state index contributed by atoms with van der Waals surface area (Å²) in [7, 11) is 0. The molecule has 1 atom stereocenters. The minimum absolute atomic E-state index is 0.0952. The molecule has 5 rings (SSSR count). The number of H-pyrrole nitrogens is 1. The van der Waals surface area contributed by atoms with E-state index < -0.39 is 0 Å². The molecule has 0 unspecified atom stereocenters. The first kappa shape index (κ1) is 23.7. The highest BCUT2D eigenvalue weighted by molar-refractivity contribution is 5.79. The van der Waals surface area contributed by atoms with Gasteiger partial charge in [0.15, 0.2) is 5.82 Å². The zero-order valence-corrected chi connectivity index (χ0v) is 20.8. The van der Waals surface area contributed by atoms with Gasteiger partial charge in [0, 0.05) is 17.6 Å². The number of benzene rings is 2. The quantitative estimate of drug-likeness (QED) is 0.322. The molecule has 0 aliphatic carbocycles. The first-order chi connectivity index (χ1) is 17.5. The number of aromatic amines is 1. The Bertz CT molecular complexity index is 1490. The van der Waals surface area contributed by atoms with Crippen LogP contribution in [0.4, 0.5) is 0 Å². The number of rotatable bonds is 9. The lowest BCUT2D eigenvalue weighted by Gasteiger charge is -2.33. The Morgan fingerprint density at radius 1 is 1.03 bits per heavy atom. The molecule has 0 spiro atoms. The fourth-order valence-electron chi connectivity index (χ4n) is 4.74. The SMILES string of the molecule is Cc1ccc2[nH]c(=O)c(CN(Cc3ccco3)[C@H](c3nnnn3Cc3ccccc3)C(C)C)cc2c1. The number of hydrogen-bond acceptors (Lipinski definition) is 6. The Balaban J connectivity index is 1.54. The molecule has 0 amide bonds. The van der Waals surface area contributed by atoms with Crippen molar-refractivity contribution < 1.29 is 4.42 Å². The molecule has 8 heteroatoms. The second kappa shape index (κ2) is 10.3. The number of aromatic nitrogens is 5. The first-order valence-corrected chi connectivity index (χ1v) is 12.2. The van der Waals surface area contributed by atoms with E-state index in [0.717, 1.165) is 33.6 Å². The number of aryl methyl sites for hydroxylation is 1. The van der Waals surface area contributed by atoms with Crippen LogP contribution >= 0.6 is 0 Å². The van der Waals surface area contributed by atoms with E-state index in [2.05, 4.69) is 64.4 Å². The van der Waals surface area contributed by atoms with Crippen molar-refractivity contribution in [2.75, 3.05) is 0 Å². The van der Waals surface area contributed by atoms with Crippen molar-refractivity contribution in [3.05, 3.63) is 112 Å². The summed E-state index contributed by atoms with van der Waals surface area (Å²) in [6, 6.07) is 21.8. The molecule has 2 aromatic carbocycles. The van der Waals surface area contributed by atoms with Gasteiger partial charge in [-0.2, -0.15) is 0 Å². The van der Waals surface area contributed by atoms with E-state index >= 15 is 0 Å².